The van der Waals surface area contributed by atoms with Gasteiger partial charge in [-0.3, -0.25) is 4.79 Å². The van der Waals surface area contributed by atoms with E-state index in [1.165, 1.54) is 11.8 Å². The topological polar surface area (TPSA) is 55.9 Å². The van der Waals surface area contributed by atoms with Gasteiger partial charge in [0.2, 0.25) is 5.17 Å². The molecule has 1 amide bonds. The van der Waals surface area contributed by atoms with Crippen LogP contribution in [-0.2, 0) is 4.79 Å². The minimum Gasteiger partial charge on any atom is -0.272 e. The van der Waals surface area contributed by atoms with Crippen LogP contribution in [0.1, 0.15) is 19.8 Å². The summed E-state index contributed by atoms with van der Waals surface area (Å²) in [6, 6.07) is 0. The van der Waals surface area contributed by atoms with Gasteiger partial charge in [0.05, 0.1) is 0 Å². The number of nitrogens with zero attached hydrogens (tertiary/aromatic N) is 3. The summed E-state index contributed by atoms with van der Waals surface area (Å²) in [5, 5.41) is 4.42. The quantitative estimate of drug-likeness (QED) is 0.722. The van der Waals surface area contributed by atoms with Crippen LogP contribution < -0.4 is 5.43 Å². The molecule has 0 saturated heterocycles. The molecular formula is C8H10N3OS2. The van der Waals surface area contributed by atoms with Crippen LogP contribution in [0.2, 0.25) is 0 Å². The van der Waals surface area contributed by atoms with E-state index in [2.05, 4.69) is 22.4 Å². The van der Waals surface area contributed by atoms with Crippen molar-refractivity contribution >= 4 is 39.0 Å². The standard InChI is InChI=1S/C8H10N3OS2/c1-2-13-8-11-10-7(14-8)9-6(12)5-3-4-5/h5H,2-4H2,1H3. The molecule has 0 spiro atoms. The lowest BCUT2D eigenvalue weighted by atomic mass is 10.4. The molecule has 0 bridgehead atoms. The summed E-state index contributed by atoms with van der Waals surface area (Å²) in [6.45, 7) is 2.05. The predicted molar refractivity (Wildman–Crippen MR) is 60.5 cm³/mol. The first kappa shape index (κ1) is 10.0. The maximum absolute atomic E-state index is 11.3. The Kier molecular flexibility index (Phi) is 3.12. The van der Waals surface area contributed by atoms with Gasteiger partial charge in [0, 0.05) is 5.92 Å². The highest BCUT2D eigenvalue weighted by atomic mass is 32.2. The van der Waals surface area contributed by atoms with E-state index in [0.717, 1.165) is 23.0 Å². The highest BCUT2D eigenvalue weighted by Crippen LogP contribution is 2.31. The zero-order valence-electron chi connectivity index (χ0n) is 7.77. The Labute approximate surface area is 91.0 Å². The Morgan fingerprint density at radius 3 is 3.14 bits per heavy atom. The molecular weight excluding hydrogens is 218 g/mol. The number of hydrogen-bond acceptors (Lipinski definition) is 4. The molecule has 0 aromatic carbocycles. The molecule has 75 valence electrons. The molecule has 0 N–H and O–H groups in total. The molecule has 0 aromatic rings. The van der Waals surface area contributed by atoms with Gasteiger partial charge in [-0.15, -0.1) is 10.5 Å². The SMILES string of the molecule is CCSC1=N[N]C(=NC(=O)C2CC2)S1. The molecule has 1 heterocycles. The number of rotatable bonds is 2. The summed E-state index contributed by atoms with van der Waals surface area (Å²) in [5.74, 6) is 1.10. The van der Waals surface area contributed by atoms with E-state index in [4.69, 9.17) is 0 Å². The molecule has 1 aliphatic carbocycles. The van der Waals surface area contributed by atoms with Crippen LogP contribution in [0.15, 0.2) is 10.1 Å². The van der Waals surface area contributed by atoms with E-state index in [1.807, 2.05) is 0 Å². The van der Waals surface area contributed by atoms with Crippen molar-refractivity contribution in [2.45, 2.75) is 19.8 Å². The van der Waals surface area contributed by atoms with Crippen LogP contribution in [0.3, 0.4) is 0 Å². The summed E-state index contributed by atoms with van der Waals surface area (Å²) >= 11 is 3.01. The minimum absolute atomic E-state index is 0.0331. The maximum atomic E-state index is 11.3. The summed E-state index contributed by atoms with van der Waals surface area (Å²) in [6.07, 6.45) is 1.97. The normalized spacial score (nSPS) is 23.5. The zero-order chi connectivity index (χ0) is 9.97. The summed E-state index contributed by atoms with van der Waals surface area (Å²) in [7, 11) is 0. The van der Waals surface area contributed by atoms with E-state index < -0.39 is 0 Å². The monoisotopic (exact) mass is 228 g/mol. The third kappa shape index (κ3) is 2.51. The Balaban J connectivity index is 1.87. The molecule has 2 rings (SSSR count). The third-order valence-electron chi connectivity index (χ3n) is 1.80. The van der Waals surface area contributed by atoms with Crippen LogP contribution in [0, 0.1) is 5.92 Å². The fourth-order valence-corrected chi connectivity index (χ4v) is 2.56. The van der Waals surface area contributed by atoms with Crippen molar-refractivity contribution in [1.82, 2.24) is 5.43 Å². The van der Waals surface area contributed by atoms with Crippen molar-refractivity contribution in [3.63, 3.8) is 0 Å². The number of carbonyl (C=O) groups is 1. The lowest BCUT2D eigenvalue weighted by Crippen LogP contribution is -2.05. The van der Waals surface area contributed by atoms with E-state index in [-0.39, 0.29) is 11.8 Å². The van der Waals surface area contributed by atoms with Crippen molar-refractivity contribution in [2.24, 2.45) is 16.0 Å². The number of aliphatic imine (C=N–C) groups is 1. The van der Waals surface area contributed by atoms with Gasteiger partial charge in [0.1, 0.15) is 0 Å². The van der Waals surface area contributed by atoms with Gasteiger partial charge in [-0.1, -0.05) is 18.7 Å². The lowest BCUT2D eigenvalue weighted by molar-refractivity contribution is -0.118. The van der Waals surface area contributed by atoms with E-state index in [1.54, 1.807) is 11.8 Å². The van der Waals surface area contributed by atoms with Crippen LogP contribution >= 0.6 is 23.5 Å². The Morgan fingerprint density at radius 2 is 2.50 bits per heavy atom. The molecule has 14 heavy (non-hydrogen) atoms. The molecule has 0 atom stereocenters. The lowest BCUT2D eigenvalue weighted by Gasteiger charge is -1.92. The number of thioether (sulfide) groups is 2. The predicted octanol–water partition coefficient (Wildman–Crippen LogP) is 1.65. The van der Waals surface area contributed by atoms with Gasteiger partial charge in [0.25, 0.3) is 5.91 Å². The number of hydrogen-bond donors (Lipinski definition) is 0. The van der Waals surface area contributed by atoms with Gasteiger partial charge >= 0.3 is 0 Å². The van der Waals surface area contributed by atoms with E-state index >= 15 is 0 Å². The molecule has 2 aliphatic rings. The fourth-order valence-electron chi connectivity index (χ4n) is 0.945. The number of amidine groups is 1. The zero-order valence-corrected chi connectivity index (χ0v) is 9.40. The molecule has 4 nitrogen and oxygen atoms in total. The summed E-state index contributed by atoms with van der Waals surface area (Å²) in [5.41, 5.74) is 3.85. The molecule has 1 radical (unpaired) electrons. The second kappa shape index (κ2) is 4.35. The smallest absolute Gasteiger partial charge is 0.251 e. The molecule has 1 fully saturated rings. The first-order valence-corrected chi connectivity index (χ1v) is 6.31. The van der Waals surface area contributed by atoms with Crippen LogP contribution in [-0.4, -0.2) is 21.2 Å². The average molecular weight is 228 g/mol. The second-order valence-electron chi connectivity index (χ2n) is 3.01. The molecule has 6 heteroatoms. The summed E-state index contributed by atoms with van der Waals surface area (Å²) in [4.78, 5) is 15.2. The number of carbonyl (C=O) groups excluding carboxylic acids is 1. The molecule has 0 unspecified atom stereocenters. The van der Waals surface area contributed by atoms with E-state index in [0.29, 0.717) is 5.17 Å². The van der Waals surface area contributed by atoms with Gasteiger partial charge in [-0.25, -0.2) is 0 Å². The van der Waals surface area contributed by atoms with Crippen LogP contribution in [0.25, 0.3) is 0 Å². The van der Waals surface area contributed by atoms with Gasteiger partial charge in [-0.2, -0.15) is 4.99 Å². The molecule has 1 aliphatic heterocycles. The number of amides is 1. The van der Waals surface area contributed by atoms with E-state index in [9.17, 15) is 4.79 Å². The first-order chi connectivity index (χ1) is 6.79. The molecule has 1 saturated carbocycles. The molecule has 0 aromatic heterocycles. The van der Waals surface area contributed by atoms with Crippen molar-refractivity contribution in [3.8, 4) is 0 Å². The van der Waals surface area contributed by atoms with Crippen molar-refractivity contribution in [1.29, 1.82) is 0 Å². The Bertz CT molecular complexity index is 310. The van der Waals surface area contributed by atoms with Gasteiger partial charge < -0.3 is 0 Å². The Morgan fingerprint density at radius 1 is 1.71 bits per heavy atom. The fraction of sp³-hybridized carbons (Fsp3) is 0.625. The second-order valence-corrected chi connectivity index (χ2v) is 5.47. The highest BCUT2D eigenvalue weighted by Gasteiger charge is 2.30. The van der Waals surface area contributed by atoms with Gasteiger partial charge in [-0.05, 0) is 30.4 Å². The van der Waals surface area contributed by atoms with Crippen molar-refractivity contribution in [2.75, 3.05) is 5.75 Å². The van der Waals surface area contributed by atoms with Crippen LogP contribution in [0.5, 0.6) is 0 Å². The summed E-state index contributed by atoms with van der Waals surface area (Å²) < 4.78 is 0.884. The van der Waals surface area contributed by atoms with Crippen molar-refractivity contribution < 1.29 is 4.79 Å². The third-order valence-corrected chi connectivity index (χ3v) is 3.63. The largest absolute Gasteiger partial charge is 0.272 e. The van der Waals surface area contributed by atoms with Crippen LogP contribution in [0.4, 0.5) is 0 Å². The Hall–Kier alpha value is -0.490. The van der Waals surface area contributed by atoms with Crippen molar-refractivity contribution in [3.05, 3.63) is 0 Å². The van der Waals surface area contributed by atoms with Gasteiger partial charge in [0.15, 0.2) is 4.38 Å². The highest BCUT2D eigenvalue weighted by molar-refractivity contribution is 8.45. The first-order valence-electron chi connectivity index (χ1n) is 4.51. The average Bonchev–Trinajstić information content (AvgIpc) is 2.92. The minimum atomic E-state index is -0.0331. The maximum Gasteiger partial charge on any atom is 0.251 e.